The van der Waals surface area contributed by atoms with Crippen LogP contribution in [-0.4, -0.2) is 34.8 Å². The van der Waals surface area contributed by atoms with Gasteiger partial charge in [-0.1, -0.05) is 29.8 Å². The fourth-order valence-corrected chi connectivity index (χ4v) is 3.22. The second-order valence-electron chi connectivity index (χ2n) is 7.03. The minimum Gasteiger partial charge on any atom is -0.342 e. The predicted molar refractivity (Wildman–Crippen MR) is 102 cm³/mol. The lowest BCUT2D eigenvalue weighted by atomic mass is 9.95. The molecule has 2 aromatic rings. The van der Waals surface area contributed by atoms with E-state index in [1.54, 1.807) is 6.20 Å². The number of benzene rings is 1. The molecule has 1 aromatic heterocycles. The molecule has 2 amide bonds. The fourth-order valence-electron chi connectivity index (χ4n) is 3.22. The summed E-state index contributed by atoms with van der Waals surface area (Å²) in [4.78, 5) is 30.9. The average molecular weight is 351 g/mol. The quantitative estimate of drug-likeness (QED) is 0.920. The van der Waals surface area contributed by atoms with E-state index >= 15 is 0 Å². The first-order valence-corrected chi connectivity index (χ1v) is 9.08. The van der Waals surface area contributed by atoms with E-state index in [0.29, 0.717) is 38.2 Å². The highest BCUT2D eigenvalue weighted by Gasteiger charge is 2.27. The van der Waals surface area contributed by atoms with Crippen molar-refractivity contribution in [2.75, 3.05) is 18.4 Å². The number of nitrogens with zero attached hydrogens (tertiary/aromatic N) is 2. The van der Waals surface area contributed by atoms with Gasteiger partial charge in [0.2, 0.25) is 11.8 Å². The van der Waals surface area contributed by atoms with Gasteiger partial charge in [-0.3, -0.25) is 9.59 Å². The van der Waals surface area contributed by atoms with Crippen molar-refractivity contribution in [2.24, 2.45) is 5.92 Å². The minimum absolute atomic E-state index is 0.00580. The standard InChI is InChI=1S/C21H25N3O2/c1-15-3-5-17(6-4-15)14-20(25)24-11-8-18(9-12-24)21(26)23-19-13-16(2)7-10-22-19/h3-7,10,13,18H,8-9,11-12,14H2,1-2H3,(H,22,23,26). The zero-order valence-electron chi connectivity index (χ0n) is 15.4. The molecule has 1 aromatic carbocycles. The van der Waals surface area contributed by atoms with Crippen molar-refractivity contribution in [3.8, 4) is 0 Å². The second kappa shape index (κ2) is 8.13. The highest BCUT2D eigenvalue weighted by Crippen LogP contribution is 2.20. The summed E-state index contributed by atoms with van der Waals surface area (Å²) in [6, 6.07) is 11.8. The van der Waals surface area contributed by atoms with Gasteiger partial charge in [0.1, 0.15) is 5.82 Å². The van der Waals surface area contributed by atoms with Gasteiger partial charge in [0.25, 0.3) is 0 Å². The zero-order valence-corrected chi connectivity index (χ0v) is 15.4. The smallest absolute Gasteiger partial charge is 0.228 e. The maximum absolute atomic E-state index is 12.5. The second-order valence-corrected chi connectivity index (χ2v) is 7.03. The highest BCUT2D eigenvalue weighted by molar-refractivity contribution is 5.92. The van der Waals surface area contributed by atoms with Gasteiger partial charge in [-0.05, 0) is 49.9 Å². The molecule has 1 fully saturated rings. The molecular formula is C21H25N3O2. The Kier molecular flexibility index (Phi) is 5.66. The van der Waals surface area contributed by atoms with Crippen LogP contribution in [0.1, 0.15) is 29.5 Å². The van der Waals surface area contributed by atoms with Gasteiger partial charge in [0, 0.05) is 25.2 Å². The molecule has 0 aliphatic carbocycles. The number of hydrogen-bond acceptors (Lipinski definition) is 3. The molecule has 5 nitrogen and oxygen atoms in total. The first-order valence-electron chi connectivity index (χ1n) is 9.08. The Balaban J connectivity index is 1.49. The van der Waals surface area contributed by atoms with Crippen LogP contribution in [0.3, 0.4) is 0 Å². The number of aromatic nitrogens is 1. The van der Waals surface area contributed by atoms with Crippen LogP contribution >= 0.6 is 0 Å². The normalized spacial score (nSPS) is 14.9. The highest BCUT2D eigenvalue weighted by atomic mass is 16.2. The van der Waals surface area contributed by atoms with Gasteiger partial charge in [-0.15, -0.1) is 0 Å². The zero-order chi connectivity index (χ0) is 18.5. The summed E-state index contributed by atoms with van der Waals surface area (Å²) in [6.45, 7) is 5.26. The summed E-state index contributed by atoms with van der Waals surface area (Å²) in [5.74, 6) is 0.649. The Bertz CT molecular complexity index is 778. The average Bonchev–Trinajstić information content (AvgIpc) is 2.64. The first-order chi connectivity index (χ1) is 12.5. The summed E-state index contributed by atoms with van der Waals surface area (Å²) in [7, 11) is 0. The van der Waals surface area contributed by atoms with Gasteiger partial charge in [0.05, 0.1) is 6.42 Å². The van der Waals surface area contributed by atoms with Crippen molar-refractivity contribution >= 4 is 17.6 Å². The molecule has 0 spiro atoms. The third kappa shape index (κ3) is 4.69. The summed E-state index contributed by atoms with van der Waals surface area (Å²) < 4.78 is 0. The van der Waals surface area contributed by atoms with E-state index in [4.69, 9.17) is 0 Å². The number of carbonyl (C=O) groups excluding carboxylic acids is 2. The number of piperidine rings is 1. The van der Waals surface area contributed by atoms with E-state index in [1.165, 1.54) is 5.56 Å². The molecule has 26 heavy (non-hydrogen) atoms. The van der Waals surface area contributed by atoms with Crippen LogP contribution in [0.5, 0.6) is 0 Å². The number of pyridine rings is 1. The van der Waals surface area contributed by atoms with Gasteiger partial charge >= 0.3 is 0 Å². The monoisotopic (exact) mass is 351 g/mol. The number of rotatable bonds is 4. The van der Waals surface area contributed by atoms with Gasteiger partial charge < -0.3 is 10.2 Å². The Hall–Kier alpha value is -2.69. The van der Waals surface area contributed by atoms with Crippen molar-refractivity contribution in [3.05, 3.63) is 59.3 Å². The summed E-state index contributed by atoms with van der Waals surface area (Å²) in [6.07, 6.45) is 3.50. The molecule has 2 heterocycles. The molecule has 1 saturated heterocycles. The van der Waals surface area contributed by atoms with E-state index < -0.39 is 0 Å². The van der Waals surface area contributed by atoms with Crippen molar-refractivity contribution < 1.29 is 9.59 Å². The van der Waals surface area contributed by atoms with Crippen LogP contribution in [-0.2, 0) is 16.0 Å². The molecule has 0 unspecified atom stereocenters. The van der Waals surface area contributed by atoms with E-state index in [0.717, 1.165) is 11.1 Å². The molecule has 1 N–H and O–H groups in total. The third-order valence-corrected chi connectivity index (χ3v) is 4.86. The summed E-state index contributed by atoms with van der Waals surface area (Å²) in [5, 5.41) is 2.89. The SMILES string of the molecule is Cc1ccc(CC(=O)N2CCC(C(=O)Nc3cc(C)ccn3)CC2)cc1. The molecular weight excluding hydrogens is 326 g/mol. The molecule has 0 atom stereocenters. The molecule has 1 aliphatic heterocycles. The molecule has 0 radical (unpaired) electrons. The van der Waals surface area contributed by atoms with Gasteiger partial charge in [-0.2, -0.15) is 0 Å². The van der Waals surface area contributed by atoms with Crippen LogP contribution < -0.4 is 5.32 Å². The van der Waals surface area contributed by atoms with Crippen LogP contribution in [0.4, 0.5) is 5.82 Å². The predicted octanol–water partition coefficient (Wildman–Crippen LogP) is 3.12. The summed E-state index contributed by atoms with van der Waals surface area (Å²) >= 11 is 0. The number of aryl methyl sites for hydroxylation is 2. The van der Waals surface area contributed by atoms with Crippen LogP contribution in [0.2, 0.25) is 0 Å². The molecule has 0 bridgehead atoms. The summed E-state index contributed by atoms with van der Waals surface area (Å²) in [5.41, 5.74) is 3.29. The topological polar surface area (TPSA) is 62.3 Å². The first kappa shape index (κ1) is 18.1. The van der Waals surface area contributed by atoms with Crippen molar-refractivity contribution in [1.82, 2.24) is 9.88 Å². The lowest BCUT2D eigenvalue weighted by molar-refractivity contribution is -0.133. The molecule has 3 rings (SSSR count). The third-order valence-electron chi connectivity index (χ3n) is 4.86. The minimum atomic E-state index is -0.0688. The number of hydrogen-bond donors (Lipinski definition) is 1. The van der Waals surface area contributed by atoms with Gasteiger partial charge in [-0.25, -0.2) is 4.98 Å². The van der Waals surface area contributed by atoms with Crippen molar-refractivity contribution in [1.29, 1.82) is 0 Å². The number of likely N-dealkylation sites (tertiary alicyclic amines) is 1. The van der Waals surface area contributed by atoms with Gasteiger partial charge in [0.15, 0.2) is 0 Å². The number of nitrogens with one attached hydrogen (secondary N) is 1. The fraction of sp³-hybridized carbons (Fsp3) is 0.381. The number of carbonyl (C=O) groups is 2. The Morgan fingerprint density at radius 2 is 1.77 bits per heavy atom. The number of anilines is 1. The largest absolute Gasteiger partial charge is 0.342 e. The molecule has 5 heteroatoms. The van der Waals surface area contributed by atoms with Crippen molar-refractivity contribution in [2.45, 2.75) is 33.1 Å². The van der Waals surface area contributed by atoms with E-state index in [9.17, 15) is 9.59 Å². The van der Waals surface area contributed by atoms with Crippen molar-refractivity contribution in [3.63, 3.8) is 0 Å². The Morgan fingerprint density at radius 3 is 2.42 bits per heavy atom. The lowest BCUT2D eigenvalue weighted by Gasteiger charge is -2.31. The van der Waals surface area contributed by atoms with E-state index in [1.807, 2.05) is 55.1 Å². The van der Waals surface area contributed by atoms with Crippen LogP contribution in [0.15, 0.2) is 42.6 Å². The van der Waals surface area contributed by atoms with Crippen LogP contribution in [0.25, 0.3) is 0 Å². The Morgan fingerprint density at radius 1 is 1.08 bits per heavy atom. The molecule has 136 valence electrons. The maximum Gasteiger partial charge on any atom is 0.228 e. The van der Waals surface area contributed by atoms with E-state index in [-0.39, 0.29) is 17.7 Å². The molecule has 1 aliphatic rings. The lowest BCUT2D eigenvalue weighted by Crippen LogP contribution is -2.42. The Labute approximate surface area is 154 Å². The van der Waals surface area contributed by atoms with E-state index in [2.05, 4.69) is 10.3 Å². The molecule has 0 saturated carbocycles. The van der Waals surface area contributed by atoms with Crippen LogP contribution in [0, 0.1) is 19.8 Å². The maximum atomic E-state index is 12.5. The number of amides is 2.